The molecule has 0 spiro atoms. The molecule has 2 aromatic heterocycles. The largest absolute Gasteiger partial charge is 0.377 e. The van der Waals surface area contributed by atoms with Crippen molar-refractivity contribution >= 4 is 22.1 Å². The van der Waals surface area contributed by atoms with E-state index in [1.54, 1.807) is 11.3 Å². The monoisotopic (exact) mass is 294 g/mol. The van der Waals surface area contributed by atoms with E-state index in [1.165, 1.54) is 5.69 Å². The van der Waals surface area contributed by atoms with E-state index in [4.69, 9.17) is 15.5 Å². The SMILES string of the molecule is CCOC1CCCN(c2nc3sccn3c2CCN)C1. The van der Waals surface area contributed by atoms with Crippen LogP contribution in [-0.2, 0) is 11.2 Å². The minimum atomic E-state index is 0.333. The van der Waals surface area contributed by atoms with Gasteiger partial charge in [-0.3, -0.25) is 4.40 Å². The molecule has 20 heavy (non-hydrogen) atoms. The van der Waals surface area contributed by atoms with E-state index in [9.17, 15) is 0 Å². The standard InChI is InChI=1S/C14H22N4OS/c1-2-19-11-4-3-7-17(10-11)13-12(5-6-15)18-8-9-20-14(18)16-13/h8-9,11H,2-7,10,15H2,1H3. The van der Waals surface area contributed by atoms with Crippen LogP contribution >= 0.6 is 11.3 Å². The first-order chi connectivity index (χ1) is 9.83. The lowest BCUT2D eigenvalue weighted by molar-refractivity contribution is 0.0525. The molecule has 110 valence electrons. The number of hydrogen-bond acceptors (Lipinski definition) is 5. The van der Waals surface area contributed by atoms with E-state index in [2.05, 4.69) is 27.8 Å². The Morgan fingerprint density at radius 3 is 3.25 bits per heavy atom. The maximum atomic E-state index is 5.79. The van der Waals surface area contributed by atoms with Gasteiger partial charge in [-0.25, -0.2) is 4.98 Å². The summed E-state index contributed by atoms with van der Waals surface area (Å²) in [5.41, 5.74) is 7.01. The van der Waals surface area contributed by atoms with Crippen LogP contribution in [0.1, 0.15) is 25.5 Å². The van der Waals surface area contributed by atoms with Gasteiger partial charge in [0.2, 0.25) is 0 Å². The Labute approximate surface area is 123 Å². The number of imidazole rings is 1. The van der Waals surface area contributed by atoms with E-state index in [0.717, 1.165) is 49.7 Å². The normalized spacial score (nSPS) is 19.9. The predicted octanol–water partition coefficient (Wildman–Crippen LogP) is 1.90. The Hall–Kier alpha value is -1.11. The molecule has 0 radical (unpaired) electrons. The molecule has 1 saturated heterocycles. The van der Waals surface area contributed by atoms with Crippen molar-refractivity contribution in [2.45, 2.75) is 32.3 Å². The third-order valence-corrected chi connectivity index (χ3v) is 4.56. The van der Waals surface area contributed by atoms with Crippen LogP contribution in [0.2, 0.25) is 0 Å². The molecule has 3 heterocycles. The van der Waals surface area contributed by atoms with Crippen molar-refractivity contribution in [2.75, 3.05) is 31.1 Å². The predicted molar refractivity (Wildman–Crippen MR) is 82.7 cm³/mol. The van der Waals surface area contributed by atoms with Crippen molar-refractivity contribution in [3.8, 4) is 0 Å². The maximum Gasteiger partial charge on any atom is 0.195 e. The molecule has 1 unspecified atom stereocenters. The van der Waals surface area contributed by atoms with Crippen molar-refractivity contribution in [1.29, 1.82) is 0 Å². The van der Waals surface area contributed by atoms with Crippen molar-refractivity contribution in [3.05, 3.63) is 17.3 Å². The highest BCUT2D eigenvalue weighted by atomic mass is 32.1. The van der Waals surface area contributed by atoms with Crippen LogP contribution < -0.4 is 10.6 Å². The van der Waals surface area contributed by atoms with Crippen LogP contribution in [0.5, 0.6) is 0 Å². The van der Waals surface area contributed by atoms with E-state index >= 15 is 0 Å². The van der Waals surface area contributed by atoms with Gasteiger partial charge in [0, 0.05) is 37.7 Å². The number of ether oxygens (including phenoxy) is 1. The highest BCUT2D eigenvalue weighted by Gasteiger charge is 2.25. The maximum absolute atomic E-state index is 5.79. The number of nitrogens with zero attached hydrogens (tertiary/aromatic N) is 3. The summed E-state index contributed by atoms with van der Waals surface area (Å²) in [6.45, 7) is 5.50. The molecule has 2 N–H and O–H groups in total. The molecule has 0 aliphatic carbocycles. The summed E-state index contributed by atoms with van der Waals surface area (Å²) in [6, 6.07) is 0. The number of anilines is 1. The zero-order chi connectivity index (χ0) is 13.9. The van der Waals surface area contributed by atoms with Gasteiger partial charge in [-0.15, -0.1) is 11.3 Å². The molecule has 0 amide bonds. The Balaban J connectivity index is 1.88. The van der Waals surface area contributed by atoms with Gasteiger partial charge in [-0.05, 0) is 26.3 Å². The number of aromatic nitrogens is 2. The Bertz CT molecular complexity index is 563. The van der Waals surface area contributed by atoms with Gasteiger partial charge >= 0.3 is 0 Å². The summed E-state index contributed by atoms with van der Waals surface area (Å²) in [5.74, 6) is 1.10. The molecule has 0 saturated carbocycles. The number of thiazole rings is 1. The number of nitrogens with two attached hydrogens (primary N) is 1. The average Bonchev–Trinajstić information content (AvgIpc) is 3.02. The van der Waals surface area contributed by atoms with Crippen LogP contribution in [0.25, 0.3) is 4.96 Å². The lowest BCUT2D eigenvalue weighted by atomic mass is 10.1. The lowest BCUT2D eigenvalue weighted by Crippen LogP contribution is -2.40. The molecular weight excluding hydrogens is 272 g/mol. The summed E-state index contributed by atoms with van der Waals surface area (Å²) in [6.07, 6.45) is 5.60. The minimum absolute atomic E-state index is 0.333. The van der Waals surface area contributed by atoms with E-state index in [1.807, 2.05) is 0 Å². The van der Waals surface area contributed by atoms with Gasteiger partial charge in [-0.1, -0.05) is 0 Å². The lowest BCUT2D eigenvalue weighted by Gasteiger charge is -2.33. The van der Waals surface area contributed by atoms with Gasteiger partial charge in [0.05, 0.1) is 11.8 Å². The highest BCUT2D eigenvalue weighted by molar-refractivity contribution is 7.15. The van der Waals surface area contributed by atoms with E-state index in [0.29, 0.717) is 12.6 Å². The van der Waals surface area contributed by atoms with Gasteiger partial charge in [-0.2, -0.15) is 0 Å². The number of hydrogen-bond donors (Lipinski definition) is 1. The molecular formula is C14H22N4OS. The molecule has 6 heteroatoms. The summed E-state index contributed by atoms with van der Waals surface area (Å²) in [4.78, 5) is 8.23. The molecule has 0 bridgehead atoms. The van der Waals surface area contributed by atoms with Crippen molar-refractivity contribution in [3.63, 3.8) is 0 Å². The molecule has 1 aliphatic rings. The van der Waals surface area contributed by atoms with Crippen molar-refractivity contribution in [1.82, 2.24) is 9.38 Å². The number of fused-ring (bicyclic) bond motifs is 1. The quantitative estimate of drug-likeness (QED) is 0.915. The second kappa shape index (κ2) is 6.11. The summed E-state index contributed by atoms with van der Waals surface area (Å²) >= 11 is 1.68. The van der Waals surface area contributed by atoms with Crippen LogP contribution in [0.4, 0.5) is 5.82 Å². The van der Waals surface area contributed by atoms with E-state index in [-0.39, 0.29) is 0 Å². The number of rotatable bonds is 5. The van der Waals surface area contributed by atoms with Gasteiger partial charge in [0.25, 0.3) is 0 Å². The fraction of sp³-hybridized carbons (Fsp3) is 0.643. The van der Waals surface area contributed by atoms with Crippen LogP contribution in [0, 0.1) is 0 Å². The smallest absolute Gasteiger partial charge is 0.195 e. The Morgan fingerprint density at radius 1 is 1.55 bits per heavy atom. The molecule has 0 aromatic carbocycles. The van der Waals surface area contributed by atoms with Gasteiger partial charge in [0.1, 0.15) is 0 Å². The van der Waals surface area contributed by atoms with Crippen LogP contribution in [0.3, 0.4) is 0 Å². The van der Waals surface area contributed by atoms with Gasteiger partial charge in [0.15, 0.2) is 10.8 Å². The first kappa shape index (κ1) is 13.9. The van der Waals surface area contributed by atoms with Crippen molar-refractivity contribution < 1.29 is 4.74 Å². The summed E-state index contributed by atoms with van der Waals surface area (Å²) < 4.78 is 7.97. The van der Waals surface area contributed by atoms with Crippen LogP contribution in [0.15, 0.2) is 11.6 Å². The zero-order valence-corrected chi connectivity index (χ0v) is 12.7. The zero-order valence-electron chi connectivity index (χ0n) is 11.9. The third-order valence-electron chi connectivity index (χ3n) is 3.80. The molecule has 1 aliphatic heterocycles. The molecule has 5 nitrogen and oxygen atoms in total. The van der Waals surface area contributed by atoms with Gasteiger partial charge < -0.3 is 15.4 Å². The summed E-state index contributed by atoms with van der Waals surface area (Å²) in [5, 5.41) is 2.07. The second-order valence-electron chi connectivity index (χ2n) is 5.14. The molecule has 1 atom stereocenters. The molecule has 3 rings (SSSR count). The highest BCUT2D eigenvalue weighted by Crippen LogP contribution is 2.28. The first-order valence-corrected chi connectivity index (χ1v) is 8.22. The third kappa shape index (κ3) is 2.55. The molecule has 1 fully saturated rings. The second-order valence-corrected chi connectivity index (χ2v) is 6.01. The molecule has 2 aromatic rings. The number of piperidine rings is 1. The fourth-order valence-corrected chi connectivity index (χ4v) is 3.67. The summed E-state index contributed by atoms with van der Waals surface area (Å²) in [7, 11) is 0. The fourth-order valence-electron chi connectivity index (χ4n) is 2.95. The Morgan fingerprint density at radius 2 is 2.45 bits per heavy atom. The average molecular weight is 294 g/mol. The van der Waals surface area contributed by atoms with Crippen LogP contribution in [-0.4, -0.2) is 41.7 Å². The topological polar surface area (TPSA) is 55.8 Å². The van der Waals surface area contributed by atoms with Crippen molar-refractivity contribution in [2.24, 2.45) is 5.73 Å². The first-order valence-electron chi connectivity index (χ1n) is 7.34. The minimum Gasteiger partial charge on any atom is -0.377 e. The van der Waals surface area contributed by atoms with E-state index < -0.39 is 0 Å². The Kier molecular flexibility index (Phi) is 4.24.